The number of anilines is 2. The summed E-state index contributed by atoms with van der Waals surface area (Å²) in [6.45, 7) is 10.6. The Balaban J connectivity index is 1.42. The Morgan fingerprint density at radius 2 is 1.72 bits per heavy atom. The average molecular weight is 699 g/mol. The molecule has 2 heterocycles. The Kier molecular flexibility index (Phi) is 12.0. The summed E-state index contributed by atoms with van der Waals surface area (Å²) in [5, 5.41) is 3.26. The highest BCUT2D eigenvalue weighted by Gasteiger charge is 2.45. The maximum absolute atomic E-state index is 14.7. The number of fused-ring (bicyclic) bond motifs is 1. The number of nitrogens with one attached hydrogen (secondary N) is 1. The number of likely N-dealkylation sites (tertiary alicyclic amines) is 1. The highest BCUT2D eigenvalue weighted by Crippen LogP contribution is 2.43. The Morgan fingerprint density at radius 1 is 1.02 bits per heavy atom. The second kappa shape index (κ2) is 15.9. The van der Waals surface area contributed by atoms with Crippen LogP contribution >= 0.6 is 0 Å². The third kappa shape index (κ3) is 9.09. The Hall–Kier alpha value is -3.38. The zero-order valence-corrected chi connectivity index (χ0v) is 31.1. The van der Waals surface area contributed by atoms with Gasteiger partial charge in [-0.15, -0.1) is 0 Å². The van der Waals surface area contributed by atoms with Crippen LogP contribution in [0.25, 0.3) is 0 Å². The molecule has 2 aliphatic heterocycles. The van der Waals surface area contributed by atoms with E-state index in [1.54, 1.807) is 53.7 Å². The first-order chi connectivity index (χ1) is 23.7. The van der Waals surface area contributed by atoms with Gasteiger partial charge in [0, 0.05) is 52.2 Å². The first-order valence-corrected chi connectivity index (χ1v) is 18.5. The van der Waals surface area contributed by atoms with Crippen molar-refractivity contribution < 1.29 is 38.1 Å². The number of hydrogen-bond acceptors (Lipinski definition) is 8. The van der Waals surface area contributed by atoms with Gasteiger partial charge >= 0.3 is 6.09 Å². The summed E-state index contributed by atoms with van der Waals surface area (Å²) in [7, 11) is 3.28. The first kappa shape index (κ1) is 37.9. The van der Waals surface area contributed by atoms with Gasteiger partial charge in [0.05, 0.1) is 30.2 Å². The van der Waals surface area contributed by atoms with Gasteiger partial charge in [0.2, 0.25) is 11.8 Å². The first-order valence-electron chi connectivity index (χ1n) is 18.5. The molecule has 1 aromatic carbocycles. The number of benzene rings is 1. The molecular formula is C38H58N4O8. The van der Waals surface area contributed by atoms with Crippen LogP contribution in [0.1, 0.15) is 92.4 Å². The molecule has 4 amide bonds. The van der Waals surface area contributed by atoms with E-state index in [0.717, 1.165) is 38.5 Å². The molecule has 0 radical (unpaired) electrons. The third-order valence-electron chi connectivity index (χ3n) is 10.2. The molecular weight excluding hydrogens is 640 g/mol. The molecule has 3 atom stereocenters. The smallest absolute Gasteiger partial charge is 0.410 e. The van der Waals surface area contributed by atoms with Crippen LogP contribution in [0, 0.1) is 17.8 Å². The minimum absolute atomic E-state index is 0.0132. The van der Waals surface area contributed by atoms with Gasteiger partial charge < -0.3 is 39.0 Å². The number of ether oxygens (including phenoxy) is 4. The molecule has 12 heteroatoms. The summed E-state index contributed by atoms with van der Waals surface area (Å²) in [6, 6.07) is 5.42. The van der Waals surface area contributed by atoms with Crippen molar-refractivity contribution >= 4 is 35.2 Å². The van der Waals surface area contributed by atoms with Crippen molar-refractivity contribution in [3.8, 4) is 5.75 Å². The van der Waals surface area contributed by atoms with Gasteiger partial charge in [-0.3, -0.25) is 14.4 Å². The maximum Gasteiger partial charge on any atom is 0.410 e. The molecule has 1 aromatic rings. The van der Waals surface area contributed by atoms with Crippen molar-refractivity contribution in [2.45, 2.75) is 116 Å². The number of nitrogens with zero attached hydrogens (tertiary/aromatic N) is 3. The van der Waals surface area contributed by atoms with Crippen LogP contribution in [-0.2, 0) is 28.6 Å². The number of rotatable bonds is 12. The third-order valence-corrected chi connectivity index (χ3v) is 10.2. The van der Waals surface area contributed by atoms with Crippen LogP contribution in [0.3, 0.4) is 0 Å². The van der Waals surface area contributed by atoms with Crippen LogP contribution in [0.2, 0.25) is 0 Å². The molecule has 2 aliphatic carbocycles. The van der Waals surface area contributed by atoms with E-state index in [1.807, 2.05) is 23.1 Å². The monoisotopic (exact) mass is 698 g/mol. The number of amides is 4. The molecule has 1 saturated heterocycles. The van der Waals surface area contributed by atoms with Gasteiger partial charge in [-0.2, -0.15) is 0 Å². The van der Waals surface area contributed by atoms with Gasteiger partial charge in [0.15, 0.2) is 5.60 Å². The number of methoxy groups -OCH3 is 2. The zero-order chi connectivity index (χ0) is 36.2. The Bertz CT molecular complexity index is 1380. The van der Waals surface area contributed by atoms with Crippen molar-refractivity contribution in [3.63, 3.8) is 0 Å². The minimum atomic E-state index is -1.03. The molecule has 4 aliphatic rings. The van der Waals surface area contributed by atoms with E-state index in [4.69, 9.17) is 18.9 Å². The summed E-state index contributed by atoms with van der Waals surface area (Å²) < 4.78 is 22.7. The van der Waals surface area contributed by atoms with Crippen molar-refractivity contribution in [1.29, 1.82) is 0 Å². The van der Waals surface area contributed by atoms with E-state index >= 15 is 0 Å². The van der Waals surface area contributed by atoms with Crippen molar-refractivity contribution in [3.05, 3.63) is 18.2 Å². The van der Waals surface area contributed by atoms with E-state index in [2.05, 4.69) is 5.32 Å². The summed E-state index contributed by atoms with van der Waals surface area (Å²) >= 11 is 0. The minimum Gasteiger partial charge on any atom is -0.476 e. The van der Waals surface area contributed by atoms with E-state index in [9.17, 15) is 19.2 Å². The van der Waals surface area contributed by atoms with E-state index in [0.29, 0.717) is 55.6 Å². The predicted octanol–water partition coefficient (Wildman–Crippen LogP) is 5.31. The van der Waals surface area contributed by atoms with Crippen molar-refractivity contribution in [2.75, 3.05) is 56.9 Å². The molecule has 50 heavy (non-hydrogen) atoms. The lowest BCUT2D eigenvalue weighted by Gasteiger charge is -2.41. The van der Waals surface area contributed by atoms with Crippen LogP contribution < -0.4 is 19.9 Å². The molecule has 1 N–H and O–H groups in total. The molecule has 0 aromatic heterocycles. The number of carbonyl (C=O) groups excluding carboxylic acids is 4. The predicted molar refractivity (Wildman–Crippen MR) is 190 cm³/mol. The average Bonchev–Trinajstić information content (AvgIpc) is 3.91. The zero-order valence-electron chi connectivity index (χ0n) is 31.1. The Labute approximate surface area is 297 Å². The second-order valence-corrected chi connectivity index (χ2v) is 16.0. The van der Waals surface area contributed by atoms with E-state index in [1.165, 1.54) is 11.3 Å². The molecule has 0 spiro atoms. The summed E-state index contributed by atoms with van der Waals surface area (Å²) in [5.41, 5.74) is -0.486. The SMILES string of the molecule is COCCCN1C(=O)C(C)(C)Oc2ccc(N(C(=O)[C@@H]3C[C@H](C(=O)N[C@@H](COC)C4CCCCC4)CN(C(=O)OC(C)(C)C)C3)C3CC3)cc21. The largest absolute Gasteiger partial charge is 0.476 e. The topological polar surface area (TPSA) is 127 Å². The fourth-order valence-corrected chi connectivity index (χ4v) is 7.60. The molecule has 3 fully saturated rings. The summed E-state index contributed by atoms with van der Waals surface area (Å²) in [4.78, 5) is 60.7. The lowest BCUT2D eigenvalue weighted by molar-refractivity contribution is -0.133. The number of hydrogen-bond donors (Lipinski definition) is 1. The van der Waals surface area contributed by atoms with Gasteiger partial charge in [0.25, 0.3) is 5.91 Å². The van der Waals surface area contributed by atoms with E-state index in [-0.39, 0.29) is 42.9 Å². The number of piperidine rings is 1. The van der Waals surface area contributed by atoms with Crippen LogP contribution in [0.5, 0.6) is 5.75 Å². The van der Waals surface area contributed by atoms with Crippen molar-refractivity contribution in [1.82, 2.24) is 10.2 Å². The normalized spacial score (nSPS) is 23.1. The fourth-order valence-electron chi connectivity index (χ4n) is 7.60. The van der Waals surface area contributed by atoms with Crippen LogP contribution in [-0.4, -0.2) is 99.1 Å². The molecule has 278 valence electrons. The molecule has 0 bridgehead atoms. The molecule has 5 rings (SSSR count). The lowest BCUT2D eigenvalue weighted by Crippen LogP contribution is -2.55. The van der Waals surface area contributed by atoms with Crippen molar-refractivity contribution in [2.24, 2.45) is 17.8 Å². The maximum atomic E-state index is 14.7. The highest BCUT2D eigenvalue weighted by molar-refractivity contribution is 6.04. The quantitative estimate of drug-likeness (QED) is 0.291. The van der Waals surface area contributed by atoms with E-state index < -0.39 is 29.1 Å². The Morgan fingerprint density at radius 3 is 2.36 bits per heavy atom. The van der Waals surface area contributed by atoms with Gasteiger partial charge in [-0.1, -0.05) is 19.3 Å². The summed E-state index contributed by atoms with van der Waals surface area (Å²) in [6.07, 6.45) is 7.66. The van der Waals surface area contributed by atoms with Gasteiger partial charge in [0.1, 0.15) is 11.4 Å². The van der Waals surface area contributed by atoms with Crippen LogP contribution in [0.4, 0.5) is 16.2 Å². The lowest BCUT2D eigenvalue weighted by atomic mass is 9.83. The molecule has 12 nitrogen and oxygen atoms in total. The second-order valence-electron chi connectivity index (χ2n) is 16.0. The van der Waals surface area contributed by atoms with Crippen LogP contribution in [0.15, 0.2) is 18.2 Å². The molecule has 2 saturated carbocycles. The fraction of sp³-hybridized carbons (Fsp3) is 0.737. The standard InChI is InChI=1S/C38H58N4O8/c1-37(2,3)50-36(46)40-22-26(33(43)39-30(24-48-7)25-12-9-8-10-13-25)20-27(23-40)34(44)42(28-14-15-28)29-16-17-32-31(21-29)41(18-11-19-47-6)35(45)38(4,5)49-32/h16-17,21,25-28,30H,8-15,18-20,22-24H2,1-7H3,(H,39,43)/t26-,27+,30-/m0/s1. The number of carbonyl (C=O) groups is 4. The summed E-state index contributed by atoms with van der Waals surface area (Å²) in [5.74, 6) is -0.782. The highest BCUT2D eigenvalue weighted by atomic mass is 16.6. The van der Waals surface area contributed by atoms with Gasteiger partial charge in [-0.05, 0) is 97.3 Å². The van der Waals surface area contributed by atoms with Gasteiger partial charge in [-0.25, -0.2) is 4.79 Å². The molecule has 0 unspecified atom stereocenters.